The van der Waals surface area contributed by atoms with Gasteiger partial charge in [-0.2, -0.15) is 0 Å². The molecule has 0 saturated carbocycles. The molecule has 5 heavy (non-hydrogen) atoms. The number of hydrogen-bond donors (Lipinski definition) is 0. The van der Waals surface area contributed by atoms with E-state index < -0.39 is 0 Å². The van der Waals surface area contributed by atoms with Gasteiger partial charge in [0, 0.05) is 51.2 Å². The second kappa shape index (κ2) is 27.7. The minimum Gasteiger partial charge on any atom is 0 e. The summed E-state index contributed by atoms with van der Waals surface area (Å²) in [5.41, 5.74) is 0. The van der Waals surface area contributed by atoms with E-state index in [2.05, 4.69) is 0 Å². The van der Waals surface area contributed by atoms with Crippen LogP contribution in [0.2, 0.25) is 0 Å². The van der Waals surface area contributed by atoms with Crippen molar-refractivity contribution >= 4 is 79.8 Å². The molecule has 0 spiro atoms. The molecule has 0 saturated heterocycles. The van der Waals surface area contributed by atoms with Crippen LogP contribution in [-0.4, -0.2) is 79.8 Å². The van der Waals surface area contributed by atoms with E-state index in [9.17, 15) is 0 Å². The fourth-order valence-corrected chi connectivity index (χ4v) is 0. The Morgan fingerprint density at radius 2 is 0.800 bits per heavy atom. The first-order valence-electron chi connectivity index (χ1n) is 0. The number of rotatable bonds is 0. The van der Waals surface area contributed by atoms with Crippen molar-refractivity contribution in [2.75, 3.05) is 0 Å². The van der Waals surface area contributed by atoms with E-state index in [1.165, 1.54) is 0 Å². The van der Waals surface area contributed by atoms with Gasteiger partial charge in [-0.1, -0.05) is 0 Å². The molecule has 0 aliphatic carbocycles. The molecule has 0 aromatic carbocycles. The van der Waals surface area contributed by atoms with Gasteiger partial charge in [0.25, 0.3) is 0 Å². The van der Waals surface area contributed by atoms with Crippen molar-refractivity contribution in [3.8, 4) is 0 Å². The largest absolute Gasteiger partial charge is 0 e. The van der Waals surface area contributed by atoms with Gasteiger partial charge in [0.2, 0.25) is 0 Å². The average Bonchev–Trinajstić information content (AvgIpc) is 0. The van der Waals surface area contributed by atoms with Gasteiger partial charge in [0.15, 0.2) is 0 Å². The molecule has 5 heteroatoms. The van der Waals surface area contributed by atoms with Crippen molar-refractivity contribution < 1.29 is 17.1 Å². The van der Waals surface area contributed by atoms with Crippen LogP contribution in [0.4, 0.5) is 0 Å². The van der Waals surface area contributed by atoms with E-state index in [1.807, 2.05) is 0 Å². The van der Waals surface area contributed by atoms with Crippen LogP contribution in [-0.2, 0) is 17.1 Å². The van der Waals surface area contributed by atoms with Gasteiger partial charge in [-0.25, -0.2) is 0 Å². The second-order valence-electron chi connectivity index (χ2n) is 0. The molecule has 0 amide bonds. The smallest absolute Gasteiger partial charge is 0 e. The molecule has 0 atom stereocenters. The third-order valence-electron chi connectivity index (χ3n) is 0. The summed E-state index contributed by atoms with van der Waals surface area (Å²) < 4.78 is 0. The Balaban J connectivity index is 0. The molecule has 0 aromatic rings. The maximum absolute atomic E-state index is 0. The van der Waals surface area contributed by atoms with Crippen molar-refractivity contribution in [3.63, 3.8) is 0 Å². The van der Waals surface area contributed by atoms with Crippen LogP contribution in [0, 0.1) is 0 Å². The summed E-state index contributed by atoms with van der Waals surface area (Å²) in [5, 5.41) is 0. The van der Waals surface area contributed by atoms with Gasteiger partial charge in [-0.15, -0.1) is 0 Å². The first kappa shape index (κ1) is 42.9. The monoisotopic (exact) mass is 413 g/mol. The molecule has 0 aromatic heterocycles. The van der Waals surface area contributed by atoms with Crippen molar-refractivity contribution in [2.24, 2.45) is 0 Å². The molecule has 0 N–H and O–H groups in total. The van der Waals surface area contributed by atoms with Crippen molar-refractivity contribution in [2.45, 2.75) is 0 Å². The fraction of sp³-hybridized carbons (Fsp3) is 0. The summed E-state index contributed by atoms with van der Waals surface area (Å²) in [4.78, 5) is 0. The van der Waals surface area contributed by atoms with Crippen LogP contribution in [0.1, 0.15) is 0 Å². The normalized spacial score (nSPS) is 0. The summed E-state index contributed by atoms with van der Waals surface area (Å²) in [6.07, 6.45) is 0. The SMILES string of the molecule is [Cu].[GaH3].[InH3].[Se].[Se]. The Hall–Kier alpha value is 3.06. The van der Waals surface area contributed by atoms with Gasteiger partial charge in [0.1, 0.15) is 0 Å². The second-order valence-corrected chi connectivity index (χ2v) is 0. The van der Waals surface area contributed by atoms with Gasteiger partial charge < -0.3 is 0 Å². The van der Waals surface area contributed by atoms with Gasteiger partial charge >= 0.3 is 45.6 Å². The van der Waals surface area contributed by atoms with Crippen molar-refractivity contribution in [1.82, 2.24) is 0 Å². The molecule has 0 fully saturated rings. The zero-order valence-corrected chi connectivity index (χ0v) is 5.49. The van der Waals surface area contributed by atoms with E-state index in [0.717, 1.165) is 0 Å². The molecular weight excluding hydrogens is 406 g/mol. The zero-order chi connectivity index (χ0) is 0. The summed E-state index contributed by atoms with van der Waals surface area (Å²) in [6.45, 7) is 0. The van der Waals surface area contributed by atoms with Crippen LogP contribution in [0.25, 0.3) is 0 Å². The van der Waals surface area contributed by atoms with E-state index in [1.54, 1.807) is 0 Å². The predicted molar refractivity (Wildman–Crippen MR) is 31.4 cm³/mol. The molecule has 35 valence electrons. The quantitative estimate of drug-likeness (QED) is 0.370. The molecule has 0 unspecified atom stereocenters. The topological polar surface area (TPSA) is 0 Å². The summed E-state index contributed by atoms with van der Waals surface area (Å²) in [6, 6.07) is 0. The Bertz CT molecular complexity index is 9.61. The fourth-order valence-electron chi connectivity index (χ4n) is 0. The third kappa shape index (κ3) is 19.3. The molecule has 0 aliphatic rings. The Morgan fingerprint density at radius 1 is 0.800 bits per heavy atom. The summed E-state index contributed by atoms with van der Waals surface area (Å²) in [5.74, 6) is 0. The minimum atomic E-state index is 0. The molecular formula is H6CuGaInSe2. The summed E-state index contributed by atoms with van der Waals surface area (Å²) in [7, 11) is 0. The summed E-state index contributed by atoms with van der Waals surface area (Å²) >= 11 is 0. The van der Waals surface area contributed by atoms with Crippen molar-refractivity contribution in [1.29, 1.82) is 0 Å². The Kier molecular flexibility index (Phi) is 237. The predicted octanol–water partition coefficient (Wildman–Crippen LogP) is -3.13. The molecule has 0 bridgehead atoms. The van der Waals surface area contributed by atoms with E-state index >= 15 is 0 Å². The average molecular weight is 412 g/mol. The van der Waals surface area contributed by atoms with E-state index in [-0.39, 0.29) is 96.8 Å². The molecule has 0 heterocycles. The zero-order valence-electron chi connectivity index (χ0n) is 1.12. The van der Waals surface area contributed by atoms with Gasteiger partial charge in [-0.05, 0) is 0 Å². The maximum atomic E-state index is 0. The van der Waals surface area contributed by atoms with Gasteiger partial charge in [-0.3, -0.25) is 0 Å². The Morgan fingerprint density at radius 3 is 0.800 bits per heavy atom. The maximum Gasteiger partial charge on any atom is 0 e. The molecule has 0 rings (SSSR count). The molecule has 0 nitrogen and oxygen atoms in total. The van der Waals surface area contributed by atoms with Crippen LogP contribution < -0.4 is 0 Å². The van der Waals surface area contributed by atoms with Gasteiger partial charge in [0.05, 0.1) is 0 Å². The van der Waals surface area contributed by atoms with Crippen LogP contribution in [0.15, 0.2) is 0 Å². The van der Waals surface area contributed by atoms with E-state index in [0.29, 0.717) is 0 Å². The standard InChI is InChI=1S/Cu.Ga.In.2Se.6H. The van der Waals surface area contributed by atoms with Crippen LogP contribution in [0.3, 0.4) is 0 Å². The number of hydrogen-bond acceptors (Lipinski definition) is 0. The molecule has 5 radical (unpaired) electrons. The van der Waals surface area contributed by atoms with E-state index in [4.69, 9.17) is 0 Å². The first-order valence-corrected chi connectivity index (χ1v) is 0. The third-order valence-corrected chi connectivity index (χ3v) is 0. The first-order chi connectivity index (χ1) is 0. The van der Waals surface area contributed by atoms with Crippen molar-refractivity contribution in [3.05, 3.63) is 0 Å². The van der Waals surface area contributed by atoms with Crippen LogP contribution >= 0.6 is 0 Å². The Labute approximate surface area is 95.2 Å². The minimum absolute atomic E-state index is 0. The molecule has 0 aliphatic heterocycles. The van der Waals surface area contributed by atoms with Crippen LogP contribution in [0.5, 0.6) is 0 Å².